The average molecular weight is 388 g/mol. The third kappa shape index (κ3) is 5.37. The van der Waals surface area contributed by atoms with E-state index < -0.39 is 6.61 Å². The van der Waals surface area contributed by atoms with Gasteiger partial charge in [0.15, 0.2) is 12.4 Å². The van der Waals surface area contributed by atoms with Crippen LogP contribution in [0.25, 0.3) is 0 Å². The van der Waals surface area contributed by atoms with Crippen LogP contribution in [0.15, 0.2) is 65.2 Å². The lowest BCUT2D eigenvalue weighted by Crippen LogP contribution is -2.87. The Morgan fingerprint density at radius 3 is 2.43 bits per heavy atom. The number of alkyl halides is 2. The van der Waals surface area contributed by atoms with Crippen LogP contribution in [0.3, 0.4) is 0 Å². The fraction of sp³-hybridized carbons (Fsp3) is 0.200. The van der Waals surface area contributed by atoms with Gasteiger partial charge in [0.2, 0.25) is 0 Å². The number of benzene rings is 2. The lowest BCUT2D eigenvalue weighted by Gasteiger charge is -2.17. The smallest absolute Gasteiger partial charge is 0.387 e. The van der Waals surface area contributed by atoms with Gasteiger partial charge in [0, 0.05) is 17.2 Å². The molecule has 8 heteroatoms. The number of nitrogens with zero attached hydrogens (tertiary/aromatic N) is 1. The van der Waals surface area contributed by atoms with Crippen LogP contribution in [-0.4, -0.2) is 24.2 Å². The Balaban J connectivity index is 1.71. The summed E-state index contributed by atoms with van der Waals surface area (Å²) in [6.07, 6.45) is 0. The number of halogens is 2. The third-order valence-corrected chi connectivity index (χ3v) is 4.06. The standard InChI is InChI=1S/C20H19F2N3O3/c1-13-11-17(25-28-13)24-18(26)12-23-19(14-5-3-2-4-6-14)15-7-9-16(10-8-15)27-20(21)22/h2-11,19-20,23H,12H2,1H3,(H,24,25,26)/p+1/t19-/m1/s1. The van der Waals surface area contributed by atoms with Gasteiger partial charge in [-0.1, -0.05) is 35.5 Å². The molecule has 3 aromatic rings. The van der Waals surface area contributed by atoms with Crippen LogP contribution in [0.1, 0.15) is 22.9 Å². The molecule has 0 bridgehead atoms. The van der Waals surface area contributed by atoms with E-state index in [-0.39, 0.29) is 24.2 Å². The number of hydrogen-bond donors (Lipinski definition) is 2. The highest BCUT2D eigenvalue weighted by Gasteiger charge is 2.20. The van der Waals surface area contributed by atoms with E-state index in [2.05, 4.69) is 15.2 Å². The highest BCUT2D eigenvalue weighted by Crippen LogP contribution is 2.22. The van der Waals surface area contributed by atoms with Gasteiger partial charge in [0.25, 0.3) is 5.91 Å². The second-order valence-corrected chi connectivity index (χ2v) is 6.15. The molecule has 0 aliphatic heterocycles. The summed E-state index contributed by atoms with van der Waals surface area (Å²) >= 11 is 0. The van der Waals surface area contributed by atoms with Gasteiger partial charge >= 0.3 is 6.61 Å². The van der Waals surface area contributed by atoms with Crippen LogP contribution in [0.5, 0.6) is 5.75 Å². The number of quaternary nitrogens is 1. The first-order valence-electron chi connectivity index (χ1n) is 8.67. The van der Waals surface area contributed by atoms with E-state index in [1.807, 2.05) is 35.6 Å². The predicted molar refractivity (Wildman–Crippen MR) is 98.0 cm³/mol. The molecule has 28 heavy (non-hydrogen) atoms. The first kappa shape index (κ1) is 19.5. The van der Waals surface area contributed by atoms with Gasteiger partial charge in [-0.05, 0) is 31.2 Å². The van der Waals surface area contributed by atoms with Crippen LogP contribution >= 0.6 is 0 Å². The molecule has 1 amide bonds. The molecule has 0 fully saturated rings. The van der Waals surface area contributed by atoms with Crippen molar-refractivity contribution in [2.45, 2.75) is 19.6 Å². The third-order valence-electron chi connectivity index (χ3n) is 4.06. The van der Waals surface area contributed by atoms with E-state index in [1.165, 1.54) is 12.1 Å². The minimum absolute atomic E-state index is 0.0877. The molecule has 0 aliphatic carbocycles. The van der Waals surface area contributed by atoms with Crippen molar-refractivity contribution in [3.05, 3.63) is 77.6 Å². The number of nitrogens with two attached hydrogens (primary N) is 1. The Kier molecular flexibility index (Phi) is 6.33. The number of aryl methyl sites for hydroxylation is 1. The van der Waals surface area contributed by atoms with Crippen LogP contribution < -0.4 is 15.4 Å². The number of carbonyl (C=O) groups is 1. The number of nitrogens with one attached hydrogen (secondary N) is 1. The molecular formula is C20H20F2N3O3+. The number of rotatable bonds is 8. The van der Waals surface area contributed by atoms with Crippen molar-refractivity contribution in [2.75, 3.05) is 11.9 Å². The minimum atomic E-state index is -2.87. The highest BCUT2D eigenvalue weighted by atomic mass is 19.3. The van der Waals surface area contributed by atoms with Crippen LogP contribution in [-0.2, 0) is 4.79 Å². The molecule has 3 N–H and O–H groups in total. The lowest BCUT2D eigenvalue weighted by molar-refractivity contribution is -0.676. The Morgan fingerprint density at radius 1 is 1.14 bits per heavy atom. The molecule has 0 saturated carbocycles. The van der Waals surface area contributed by atoms with Gasteiger partial charge in [-0.3, -0.25) is 4.79 Å². The van der Waals surface area contributed by atoms with E-state index in [0.29, 0.717) is 11.6 Å². The Labute approximate surface area is 160 Å². The highest BCUT2D eigenvalue weighted by molar-refractivity contribution is 5.90. The lowest BCUT2D eigenvalue weighted by atomic mass is 9.98. The zero-order valence-corrected chi connectivity index (χ0v) is 15.1. The molecule has 146 valence electrons. The van der Waals surface area contributed by atoms with E-state index in [1.54, 1.807) is 25.1 Å². The van der Waals surface area contributed by atoms with Gasteiger partial charge in [0.1, 0.15) is 17.6 Å². The molecule has 0 radical (unpaired) electrons. The van der Waals surface area contributed by atoms with E-state index in [9.17, 15) is 13.6 Å². The maximum atomic E-state index is 12.4. The molecule has 1 heterocycles. The summed E-state index contributed by atoms with van der Waals surface area (Å²) in [4.78, 5) is 12.2. The molecule has 3 rings (SSSR count). The van der Waals surface area contributed by atoms with Crippen molar-refractivity contribution in [2.24, 2.45) is 0 Å². The van der Waals surface area contributed by atoms with Crippen molar-refractivity contribution in [1.82, 2.24) is 5.16 Å². The first-order chi connectivity index (χ1) is 13.5. The maximum Gasteiger partial charge on any atom is 0.387 e. The zero-order chi connectivity index (χ0) is 19.9. The van der Waals surface area contributed by atoms with Crippen molar-refractivity contribution in [3.63, 3.8) is 0 Å². The molecule has 6 nitrogen and oxygen atoms in total. The topological polar surface area (TPSA) is 81.0 Å². The molecule has 1 atom stereocenters. The SMILES string of the molecule is Cc1cc(NC(=O)C[NH2+][C@H](c2ccccc2)c2ccc(OC(F)F)cc2)no1. The minimum Gasteiger partial charge on any atom is -0.435 e. The van der Waals surface area contributed by atoms with Crippen molar-refractivity contribution < 1.29 is 28.2 Å². The summed E-state index contributed by atoms with van der Waals surface area (Å²) in [5.41, 5.74) is 1.84. The van der Waals surface area contributed by atoms with Gasteiger partial charge in [-0.25, -0.2) is 0 Å². The molecule has 2 aromatic carbocycles. The zero-order valence-electron chi connectivity index (χ0n) is 15.1. The van der Waals surface area contributed by atoms with Crippen LogP contribution in [0.2, 0.25) is 0 Å². The molecule has 0 spiro atoms. The molecule has 0 unspecified atom stereocenters. The number of carbonyl (C=O) groups excluding carboxylic acids is 1. The summed E-state index contributed by atoms with van der Waals surface area (Å²) in [5, 5.41) is 8.27. The second kappa shape index (κ2) is 9.09. The van der Waals surface area contributed by atoms with Gasteiger partial charge in [0.05, 0.1) is 0 Å². The van der Waals surface area contributed by atoms with Gasteiger partial charge in [-0.2, -0.15) is 8.78 Å². The summed E-state index contributed by atoms with van der Waals surface area (Å²) in [6, 6.07) is 17.5. The average Bonchev–Trinajstić information content (AvgIpc) is 3.08. The number of hydrogen-bond acceptors (Lipinski definition) is 4. The first-order valence-corrected chi connectivity index (χ1v) is 8.67. The number of amides is 1. The largest absolute Gasteiger partial charge is 0.435 e. The summed E-state index contributed by atoms with van der Waals surface area (Å²) in [5.74, 6) is 0.824. The number of ether oxygens (including phenoxy) is 1. The fourth-order valence-corrected chi connectivity index (χ4v) is 2.83. The van der Waals surface area contributed by atoms with Crippen molar-refractivity contribution in [3.8, 4) is 5.75 Å². The number of anilines is 1. The maximum absolute atomic E-state index is 12.4. The van der Waals surface area contributed by atoms with Gasteiger partial charge in [-0.15, -0.1) is 0 Å². The Bertz CT molecular complexity index is 899. The quantitative estimate of drug-likeness (QED) is 0.622. The second-order valence-electron chi connectivity index (χ2n) is 6.15. The molecule has 0 aliphatic rings. The molecule has 0 saturated heterocycles. The number of aromatic nitrogens is 1. The van der Waals surface area contributed by atoms with Crippen molar-refractivity contribution >= 4 is 11.7 Å². The summed E-state index contributed by atoms with van der Waals surface area (Å²) in [6.45, 7) is -0.992. The Hall–Kier alpha value is -3.26. The van der Waals surface area contributed by atoms with E-state index in [4.69, 9.17) is 4.52 Å². The monoisotopic (exact) mass is 388 g/mol. The predicted octanol–water partition coefficient (Wildman–Crippen LogP) is 2.88. The molecule has 1 aromatic heterocycles. The molecular weight excluding hydrogens is 368 g/mol. The van der Waals surface area contributed by atoms with E-state index in [0.717, 1.165) is 11.1 Å². The normalized spacial score (nSPS) is 12.0. The van der Waals surface area contributed by atoms with Crippen LogP contribution in [0, 0.1) is 6.92 Å². The van der Waals surface area contributed by atoms with Gasteiger partial charge < -0.3 is 19.9 Å². The fourth-order valence-electron chi connectivity index (χ4n) is 2.83. The van der Waals surface area contributed by atoms with E-state index >= 15 is 0 Å². The van der Waals surface area contributed by atoms with Crippen LogP contribution in [0.4, 0.5) is 14.6 Å². The summed E-state index contributed by atoms with van der Waals surface area (Å²) in [7, 11) is 0. The summed E-state index contributed by atoms with van der Waals surface area (Å²) < 4.78 is 34.0. The Morgan fingerprint density at radius 2 is 1.82 bits per heavy atom. The van der Waals surface area contributed by atoms with Crippen molar-refractivity contribution in [1.29, 1.82) is 0 Å².